The first-order chi connectivity index (χ1) is 8.42. The number of hydrogen-bond acceptors (Lipinski definition) is 2. The van der Waals surface area contributed by atoms with Gasteiger partial charge in [-0.1, -0.05) is 60.7 Å². The summed E-state index contributed by atoms with van der Waals surface area (Å²) in [7, 11) is 0. The Bertz CT molecular complexity index is 431. The largest absolute Gasteiger partial charge is 0.257 e. The minimum Gasteiger partial charge on any atom is -0.257 e. The van der Waals surface area contributed by atoms with E-state index in [1.54, 1.807) is 0 Å². The number of hydrazine groups is 1. The maximum absolute atomic E-state index is 3.45. The fourth-order valence-electron chi connectivity index (χ4n) is 2.57. The molecule has 0 radical (unpaired) electrons. The van der Waals surface area contributed by atoms with Crippen molar-refractivity contribution in [2.75, 3.05) is 6.54 Å². The van der Waals surface area contributed by atoms with Gasteiger partial charge in [-0.15, -0.1) is 0 Å². The first kappa shape index (κ1) is 10.5. The van der Waals surface area contributed by atoms with Gasteiger partial charge in [0.15, 0.2) is 0 Å². The molecule has 17 heavy (non-hydrogen) atoms. The summed E-state index contributed by atoms with van der Waals surface area (Å²) in [5, 5.41) is 0. The van der Waals surface area contributed by atoms with Crippen molar-refractivity contribution >= 4 is 0 Å². The monoisotopic (exact) mass is 224 g/mol. The highest BCUT2D eigenvalue weighted by atomic mass is 15.4. The fourth-order valence-corrected chi connectivity index (χ4v) is 2.57. The molecule has 0 amide bonds. The van der Waals surface area contributed by atoms with Crippen LogP contribution in [0.5, 0.6) is 0 Å². The first-order valence-corrected chi connectivity index (χ1v) is 6.03. The molecule has 1 aliphatic rings. The van der Waals surface area contributed by atoms with E-state index in [0.717, 1.165) is 13.0 Å². The van der Waals surface area contributed by atoms with Gasteiger partial charge in [-0.05, 0) is 17.5 Å². The number of rotatable bonds is 2. The SMILES string of the molecule is c1ccc(C2(c3ccccc3)CCNN2)cc1. The van der Waals surface area contributed by atoms with Gasteiger partial charge in [-0.25, -0.2) is 5.43 Å². The van der Waals surface area contributed by atoms with Gasteiger partial charge in [-0.2, -0.15) is 0 Å². The maximum Gasteiger partial charge on any atom is 0.0833 e. The van der Waals surface area contributed by atoms with Crippen molar-refractivity contribution in [3.8, 4) is 0 Å². The van der Waals surface area contributed by atoms with E-state index in [0.29, 0.717) is 0 Å². The van der Waals surface area contributed by atoms with Crippen LogP contribution in [0.4, 0.5) is 0 Å². The number of nitrogens with one attached hydrogen (secondary N) is 2. The maximum atomic E-state index is 3.45. The molecule has 1 saturated heterocycles. The van der Waals surface area contributed by atoms with Crippen molar-refractivity contribution in [1.82, 2.24) is 10.9 Å². The summed E-state index contributed by atoms with van der Waals surface area (Å²) < 4.78 is 0. The average molecular weight is 224 g/mol. The van der Waals surface area contributed by atoms with Crippen LogP contribution in [-0.4, -0.2) is 6.54 Å². The van der Waals surface area contributed by atoms with Gasteiger partial charge in [0.25, 0.3) is 0 Å². The summed E-state index contributed by atoms with van der Waals surface area (Å²) in [6, 6.07) is 21.3. The molecule has 2 heteroatoms. The highest BCUT2D eigenvalue weighted by Crippen LogP contribution is 2.34. The Kier molecular flexibility index (Phi) is 2.67. The van der Waals surface area contributed by atoms with Gasteiger partial charge >= 0.3 is 0 Å². The molecular weight excluding hydrogens is 208 g/mol. The molecule has 1 heterocycles. The van der Waals surface area contributed by atoms with Gasteiger partial charge in [-0.3, -0.25) is 5.43 Å². The lowest BCUT2D eigenvalue weighted by atomic mass is 9.82. The highest BCUT2D eigenvalue weighted by Gasteiger charge is 2.36. The normalized spacial score (nSPS) is 18.1. The van der Waals surface area contributed by atoms with E-state index >= 15 is 0 Å². The van der Waals surface area contributed by atoms with Crippen LogP contribution in [0.2, 0.25) is 0 Å². The van der Waals surface area contributed by atoms with Crippen molar-refractivity contribution in [1.29, 1.82) is 0 Å². The first-order valence-electron chi connectivity index (χ1n) is 6.03. The van der Waals surface area contributed by atoms with Crippen molar-refractivity contribution in [3.63, 3.8) is 0 Å². The molecule has 86 valence electrons. The Hall–Kier alpha value is -1.64. The van der Waals surface area contributed by atoms with E-state index in [4.69, 9.17) is 0 Å². The lowest BCUT2D eigenvalue weighted by Crippen LogP contribution is -2.42. The van der Waals surface area contributed by atoms with E-state index in [-0.39, 0.29) is 5.54 Å². The highest BCUT2D eigenvalue weighted by molar-refractivity contribution is 5.39. The number of hydrogen-bond donors (Lipinski definition) is 2. The second-order valence-corrected chi connectivity index (χ2v) is 4.44. The van der Waals surface area contributed by atoms with Crippen molar-refractivity contribution in [2.24, 2.45) is 0 Å². The van der Waals surface area contributed by atoms with E-state index in [2.05, 4.69) is 71.5 Å². The summed E-state index contributed by atoms with van der Waals surface area (Å²) in [4.78, 5) is 0. The van der Waals surface area contributed by atoms with E-state index in [9.17, 15) is 0 Å². The average Bonchev–Trinajstić information content (AvgIpc) is 2.91. The Morgan fingerprint density at radius 3 is 1.71 bits per heavy atom. The van der Waals surface area contributed by atoms with Crippen molar-refractivity contribution < 1.29 is 0 Å². The molecule has 2 aromatic rings. The summed E-state index contributed by atoms with van der Waals surface area (Å²) in [5.74, 6) is 0. The summed E-state index contributed by atoms with van der Waals surface area (Å²) in [5.41, 5.74) is 9.26. The van der Waals surface area contributed by atoms with Crippen molar-refractivity contribution in [3.05, 3.63) is 71.8 Å². The topological polar surface area (TPSA) is 24.1 Å². The fraction of sp³-hybridized carbons (Fsp3) is 0.200. The lowest BCUT2D eigenvalue weighted by Gasteiger charge is -2.30. The van der Waals surface area contributed by atoms with Gasteiger partial charge in [0.2, 0.25) is 0 Å². The second kappa shape index (κ2) is 4.32. The van der Waals surface area contributed by atoms with Gasteiger partial charge in [0.1, 0.15) is 0 Å². The van der Waals surface area contributed by atoms with E-state index < -0.39 is 0 Å². The second-order valence-electron chi connectivity index (χ2n) is 4.44. The predicted octanol–water partition coefficient (Wildman–Crippen LogP) is 2.43. The Labute approximate surface area is 102 Å². The quantitative estimate of drug-likeness (QED) is 0.818. The molecule has 1 fully saturated rings. The minimum absolute atomic E-state index is 0.0808. The van der Waals surface area contributed by atoms with Crippen LogP contribution < -0.4 is 10.9 Å². The zero-order valence-electron chi connectivity index (χ0n) is 9.69. The molecule has 0 unspecified atom stereocenters. The smallest absolute Gasteiger partial charge is 0.0833 e. The Morgan fingerprint density at radius 1 is 0.765 bits per heavy atom. The Balaban J connectivity index is 2.11. The van der Waals surface area contributed by atoms with Crippen LogP contribution in [0.25, 0.3) is 0 Å². The lowest BCUT2D eigenvalue weighted by molar-refractivity contribution is 0.443. The third-order valence-corrected chi connectivity index (χ3v) is 3.46. The van der Waals surface area contributed by atoms with Crippen LogP contribution in [0.3, 0.4) is 0 Å². The summed E-state index contributed by atoms with van der Waals surface area (Å²) >= 11 is 0. The van der Waals surface area contributed by atoms with Gasteiger partial charge in [0, 0.05) is 6.54 Å². The molecule has 0 saturated carbocycles. The molecule has 0 aromatic heterocycles. The van der Waals surface area contributed by atoms with Gasteiger partial charge < -0.3 is 0 Å². The van der Waals surface area contributed by atoms with E-state index in [1.807, 2.05) is 0 Å². The molecule has 0 bridgehead atoms. The molecule has 1 aliphatic heterocycles. The predicted molar refractivity (Wildman–Crippen MR) is 69.4 cm³/mol. The molecule has 3 rings (SSSR count). The van der Waals surface area contributed by atoms with Crippen LogP contribution in [0.1, 0.15) is 17.5 Å². The third kappa shape index (κ3) is 1.75. The Morgan fingerprint density at radius 2 is 1.29 bits per heavy atom. The molecule has 2 aromatic carbocycles. The molecule has 0 atom stereocenters. The molecule has 2 nitrogen and oxygen atoms in total. The van der Waals surface area contributed by atoms with Crippen LogP contribution in [0.15, 0.2) is 60.7 Å². The van der Waals surface area contributed by atoms with Crippen LogP contribution in [0, 0.1) is 0 Å². The molecule has 0 aliphatic carbocycles. The third-order valence-electron chi connectivity index (χ3n) is 3.46. The summed E-state index contributed by atoms with van der Waals surface area (Å²) in [6.45, 7) is 0.990. The van der Waals surface area contributed by atoms with Crippen molar-refractivity contribution in [2.45, 2.75) is 12.0 Å². The zero-order valence-corrected chi connectivity index (χ0v) is 9.69. The minimum atomic E-state index is -0.0808. The molecule has 2 N–H and O–H groups in total. The van der Waals surface area contributed by atoms with E-state index in [1.165, 1.54) is 11.1 Å². The van der Waals surface area contributed by atoms with Crippen LogP contribution in [-0.2, 0) is 5.54 Å². The standard InChI is InChI=1S/C15H16N2/c1-3-7-13(8-4-1)15(11-12-16-17-15)14-9-5-2-6-10-14/h1-10,16-17H,11-12H2. The number of benzene rings is 2. The van der Waals surface area contributed by atoms with Crippen LogP contribution >= 0.6 is 0 Å². The summed E-state index contributed by atoms with van der Waals surface area (Å²) in [6.07, 6.45) is 1.07. The van der Waals surface area contributed by atoms with Gasteiger partial charge in [0.05, 0.1) is 5.54 Å². The molecular formula is C15H16N2. The molecule has 0 spiro atoms. The zero-order chi connectivity index (χ0) is 11.6.